The average molecular weight is 416 g/mol. The van der Waals surface area contributed by atoms with Gasteiger partial charge in [0.2, 0.25) is 0 Å². The van der Waals surface area contributed by atoms with Gasteiger partial charge in [0.25, 0.3) is 0 Å². The quantitative estimate of drug-likeness (QED) is 0.436. The maximum atomic E-state index is 5.18. The van der Waals surface area contributed by atoms with Gasteiger partial charge in [-0.2, -0.15) is 5.10 Å². The Morgan fingerprint density at radius 2 is 2.03 bits per heavy atom. The van der Waals surface area contributed by atoms with E-state index in [1.54, 1.807) is 7.11 Å². The van der Waals surface area contributed by atoms with Crippen LogP contribution >= 0.6 is 0 Å². The van der Waals surface area contributed by atoms with Crippen LogP contribution in [0.3, 0.4) is 0 Å². The molecule has 1 saturated heterocycles. The van der Waals surface area contributed by atoms with Crippen LogP contribution in [0.15, 0.2) is 60.8 Å². The molecule has 6 heteroatoms. The molecule has 1 atom stereocenters. The molecule has 4 aromatic rings. The van der Waals surface area contributed by atoms with Crippen molar-refractivity contribution in [2.24, 2.45) is 0 Å². The summed E-state index contributed by atoms with van der Waals surface area (Å²) in [5.41, 5.74) is 5.45. The van der Waals surface area contributed by atoms with E-state index in [1.807, 2.05) is 6.07 Å². The molecule has 0 spiro atoms. The summed E-state index contributed by atoms with van der Waals surface area (Å²) in [6.45, 7) is 4.12. The number of imidazole rings is 1. The maximum absolute atomic E-state index is 5.18. The van der Waals surface area contributed by atoms with Gasteiger partial charge in [-0.1, -0.05) is 36.4 Å². The molecule has 5 rings (SSSR count). The smallest absolute Gasteiger partial charge is 0.111 e. The van der Waals surface area contributed by atoms with Gasteiger partial charge in [-0.05, 0) is 36.6 Å². The van der Waals surface area contributed by atoms with Gasteiger partial charge in [0.1, 0.15) is 5.82 Å². The normalized spacial score (nSPS) is 17.0. The fourth-order valence-electron chi connectivity index (χ4n) is 4.45. The molecule has 160 valence electrons. The van der Waals surface area contributed by atoms with Crippen LogP contribution in [-0.2, 0) is 11.2 Å². The summed E-state index contributed by atoms with van der Waals surface area (Å²) >= 11 is 0. The van der Waals surface area contributed by atoms with Crippen LogP contribution in [0.5, 0.6) is 0 Å². The number of nitrogens with zero attached hydrogens (tertiary/aromatic N) is 4. The lowest BCUT2D eigenvalue weighted by atomic mass is 10.1. The lowest BCUT2D eigenvalue weighted by Crippen LogP contribution is -2.23. The minimum Gasteiger partial charge on any atom is -0.385 e. The zero-order chi connectivity index (χ0) is 21.0. The number of ether oxygens (including phenoxy) is 1. The van der Waals surface area contributed by atoms with E-state index in [0.717, 1.165) is 73.6 Å². The van der Waals surface area contributed by atoms with E-state index in [1.165, 1.54) is 5.56 Å². The minimum absolute atomic E-state index is 0.449. The van der Waals surface area contributed by atoms with Crippen LogP contribution in [0.2, 0.25) is 0 Å². The molecule has 0 radical (unpaired) electrons. The first-order valence-corrected chi connectivity index (χ1v) is 11.1. The highest BCUT2D eigenvalue weighted by molar-refractivity contribution is 5.81. The monoisotopic (exact) mass is 415 g/mol. The van der Waals surface area contributed by atoms with Gasteiger partial charge in [-0.25, -0.2) is 4.98 Å². The molecular weight excluding hydrogens is 386 g/mol. The van der Waals surface area contributed by atoms with Gasteiger partial charge in [0.15, 0.2) is 0 Å². The van der Waals surface area contributed by atoms with E-state index < -0.39 is 0 Å². The number of aromatic nitrogens is 4. The molecule has 0 aliphatic carbocycles. The number of hydrogen-bond donors (Lipinski definition) is 1. The summed E-state index contributed by atoms with van der Waals surface area (Å²) in [6, 6.07) is 19.4. The summed E-state index contributed by atoms with van der Waals surface area (Å²) < 4.78 is 7.32. The van der Waals surface area contributed by atoms with E-state index in [4.69, 9.17) is 14.8 Å². The third kappa shape index (κ3) is 4.55. The van der Waals surface area contributed by atoms with Crippen LogP contribution in [-0.4, -0.2) is 58.0 Å². The number of benzene rings is 2. The molecule has 6 nitrogen and oxygen atoms in total. The Hall–Kier alpha value is -2.96. The zero-order valence-electron chi connectivity index (χ0n) is 18.0. The number of methoxy groups -OCH3 is 1. The van der Waals surface area contributed by atoms with E-state index in [-0.39, 0.29) is 0 Å². The molecule has 1 aliphatic heterocycles. The number of fused-ring (bicyclic) bond motifs is 1. The summed E-state index contributed by atoms with van der Waals surface area (Å²) in [4.78, 5) is 10.7. The first kappa shape index (κ1) is 20.0. The van der Waals surface area contributed by atoms with E-state index in [9.17, 15) is 0 Å². The molecule has 1 N–H and O–H groups in total. The Morgan fingerprint density at radius 3 is 2.90 bits per heavy atom. The highest BCUT2D eigenvalue weighted by atomic mass is 16.5. The van der Waals surface area contributed by atoms with Crippen molar-refractivity contribution in [3.63, 3.8) is 0 Å². The summed E-state index contributed by atoms with van der Waals surface area (Å²) in [5.74, 6) is 0.989. The van der Waals surface area contributed by atoms with Crippen molar-refractivity contribution >= 4 is 11.0 Å². The van der Waals surface area contributed by atoms with Gasteiger partial charge in [0, 0.05) is 51.5 Å². The van der Waals surface area contributed by atoms with Crippen molar-refractivity contribution < 1.29 is 4.74 Å². The Morgan fingerprint density at radius 1 is 1.13 bits per heavy atom. The predicted octanol–water partition coefficient (Wildman–Crippen LogP) is 4.30. The fourth-order valence-corrected chi connectivity index (χ4v) is 4.45. The van der Waals surface area contributed by atoms with Gasteiger partial charge in [0.05, 0.1) is 22.8 Å². The van der Waals surface area contributed by atoms with E-state index in [0.29, 0.717) is 6.04 Å². The maximum Gasteiger partial charge on any atom is 0.111 e. The van der Waals surface area contributed by atoms with Crippen LogP contribution in [0, 0.1) is 0 Å². The van der Waals surface area contributed by atoms with Gasteiger partial charge in [-0.15, -0.1) is 0 Å². The second kappa shape index (κ2) is 9.04. The number of H-pyrrole nitrogens is 1. The molecule has 0 amide bonds. The molecule has 0 saturated carbocycles. The Labute approximate surface area is 182 Å². The van der Waals surface area contributed by atoms with Crippen LogP contribution in [0.1, 0.15) is 30.3 Å². The molecule has 2 aromatic heterocycles. The third-order valence-corrected chi connectivity index (χ3v) is 6.09. The van der Waals surface area contributed by atoms with Crippen molar-refractivity contribution in [1.82, 2.24) is 24.6 Å². The fraction of sp³-hybridized carbons (Fsp3) is 0.360. The molecule has 1 unspecified atom stereocenters. The number of nitrogens with one attached hydrogen (secondary N) is 1. The zero-order valence-corrected chi connectivity index (χ0v) is 18.0. The second-order valence-electron chi connectivity index (χ2n) is 8.35. The van der Waals surface area contributed by atoms with Crippen LogP contribution in [0.25, 0.3) is 22.3 Å². The number of aromatic amines is 1. The van der Waals surface area contributed by atoms with Crippen molar-refractivity contribution in [2.45, 2.75) is 25.3 Å². The van der Waals surface area contributed by atoms with Crippen LogP contribution < -0.4 is 0 Å². The Balaban J connectivity index is 1.28. The Bertz CT molecular complexity index is 1130. The molecule has 31 heavy (non-hydrogen) atoms. The van der Waals surface area contributed by atoms with E-state index in [2.05, 4.69) is 69.3 Å². The lowest BCUT2D eigenvalue weighted by Gasteiger charge is -2.15. The Kier molecular flexibility index (Phi) is 5.82. The van der Waals surface area contributed by atoms with Gasteiger partial charge < -0.3 is 14.6 Å². The molecular formula is C25H29N5O. The number of likely N-dealkylation sites (tertiary alicyclic amines) is 1. The predicted molar refractivity (Wildman–Crippen MR) is 123 cm³/mol. The van der Waals surface area contributed by atoms with Crippen LogP contribution in [0.4, 0.5) is 0 Å². The SMILES string of the molecule is COCCCN1CCC(n2ccc(-c3ccc4nc(Cc5ccccc5)[nH]c4c3)n2)C1. The van der Waals surface area contributed by atoms with Crippen molar-refractivity contribution in [1.29, 1.82) is 0 Å². The minimum atomic E-state index is 0.449. The lowest BCUT2D eigenvalue weighted by molar-refractivity contribution is 0.178. The van der Waals surface area contributed by atoms with Gasteiger partial charge in [-0.3, -0.25) is 4.68 Å². The standard InChI is InChI=1S/C25H29N5O/c1-31-15-5-12-29-13-10-21(18-29)30-14-11-22(28-30)20-8-9-23-24(17-20)27-25(26-23)16-19-6-3-2-4-7-19/h2-4,6-9,11,14,17,21H,5,10,12-13,15-16,18H2,1H3,(H,26,27). The second-order valence-corrected chi connectivity index (χ2v) is 8.35. The number of hydrogen-bond acceptors (Lipinski definition) is 4. The molecule has 1 aliphatic rings. The summed E-state index contributed by atoms with van der Waals surface area (Å²) in [7, 11) is 1.77. The first-order chi connectivity index (χ1) is 15.3. The third-order valence-electron chi connectivity index (χ3n) is 6.09. The largest absolute Gasteiger partial charge is 0.385 e. The average Bonchev–Trinajstić information content (AvgIpc) is 3.53. The summed E-state index contributed by atoms with van der Waals surface area (Å²) in [5, 5.41) is 4.91. The molecule has 0 bridgehead atoms. The van der Waals surface area contributed by atoms with Crippen molar-refractivity contribution in [3.05, 3.63) is 72.2 Å². The molecule has 2 aromatic carbocycles. The summed E-state index contributed by atoms with van der Waals surface area (Å²) in [6.07, 6.45) is 5.17. The molecule has 1 fully saturated rings. The van der Waals surface area contributed by atoms with Gasteiger partial charge >= 0.3 is 0 Å². The highest BCUT2D eigenvalue weighted by Gasteiger charge is 2.24. The number of rotatable bonds is 8. The van der Waals surface area contributed by atoms with E-state index >= 15 is 0 Å². The highest BCUT2D eigenvalue weighted by Crippen LogP contribution is 2.26. The first-order valence-electron chi connectivity index (χ1n) is 11.1. The van der Waals surface area contributed by atoms with Crippen molar-refractivity contribution in [2.75, 3.05) is 33.4 Å². The van der Waals surface area contributed by atoms with Crippen molar-refractivity contribution in [3.8, 4) is 11.3 Å². The topological polar surface area (TPSA) is 59.0 Å². The molecule has 3 heterocycles.